The molecule has 0 atom stereocenters. The third kappa shape index (κ3) is 1.22. The fourth-order valence-corrected chi connectivity index (χ4v) is 2.06. The van der Waals surface area contributed by atoms with Crippen molar-refractivity contribution in [1.82, 2.24) is 0 Å². The van der Waals surface area contributed by atoms with Gasteiger partial charge in [-0.25, -0.2) is 9.98 Å². The minimum atomic E-state index is -0.264. The summed E-state index contributed by atoms with van der Waals surface area (Å²) in [4.78, 5) is 19.4. The number of rotatable bonds is 0. The van der Waals surface area contributed by atoms with Gasteiger partial charge in [-0.3, -0.25) is 4.79 Å². The highest BCUT2D eigenvalue weighted by Gasteiger charge is 2.27. The maximum atomic E-state index is 11.4. The predicted octanol–water partition coefficient (Wildman–Crippen LogP) is 2.53. The first-order valence-corrected chi connectivity index (χ1v) is 5.23. The molecule has 0 unspecified atom stereocenters. The second kappa shape index (κ2) is 2.97. The maximum absolute atomic E-state index is 11.4. The van der Waals surface area contributed by atoms with Gasteiger partial charge in [0.05, 0.1) is 5.69 Å². The lowest BCUT2D eigenvalue weighted by atomic mass is 10.0. The Morgan fingerprint density at radius 2 is 2.13 bits per heavy atom. The van der Waals surface area contributed by atoms with Crippen LogP contribution in [0, 0.1) is 0 Å². The van der Waals surface area contributed by atoms with Crippen LogP contribution in [-0.2, 0) is 4.79 Å². The molecule has 2 aliphatic rings. The zero-order chi connectivity index (χ0) is 10.4. The smallest absolute Gasteiger partial charge is 0.265 e. The molecule has 0 saturated carbocycles. The molecule has 2 aliphatic heterocycles. The first-order chi connectivity index (χ1) is 7.25. The molecule has 0 aliphatic carbocycles. The number of carbonyl (C=O) groups is 1. The van der Waals surface area contributed by atoms with Gasteiger partial charge in [0.15, 0.2) is 0 Å². The standard InChI is InChI=1S/C11H5BrN2O/c12-6-1-2-9-8(5-6)7-3-4-13-11(15)10(7)14-9/h1-5H. The molecule has 0 saturated heterocycles. The average molecular weight is 261 g/mol. The second-order valence-electron chi connectivity index (χ2n) is 3.29. The number of allylic oxidation sites excluding steroid dienone is 1. The molecular formula is C11H5BrN2O. The van der Waals surface area contributed by atoms with E-state index in [9.17, 15) is 4.79 Å². The Balaban J connectivity index is 2.27. The summed E-state index contributed by atoms with van der Waals surface area (Å²) >= 11 is 3.40. The van der Waals surface area contributed by atoms with Crippen LogP contribution >= 0.6 is 15.9 Å². The lowest BCUT2D eigenvalue weighted by Crippen LogP contribution is -2.13. The molecule has 3 nitrogen and oxygen atoms in total. The van der Waals surface area contributed by atoms with E-state index in [0.717, 1.165) is 21.3 Å². The lowest BCUT2D eigenvalue weighted by Gasteiger charge is -2.04. The Morgan fingerprint density at radius 3 is 3.00 bits per heavy atom. The molecular weight excluding hydrogens is 256 g/mol. The third-order valence-corrected chi connectivity index (χ3v) is 2.86. The van der Waals surface area contributed by atoms with E-state index in [4.69, 9.17) is 0 Å². The molecule has 0 radical (unpaired) electrons. The van der Waals surface area contributed by atoms with Crippen LogP contribution in [0.5, 0.6) is 0 Å². The zero-order valence-corrected chi connectivity index (χ0v) is 9.15. The average Bonchev–Trinajstić information content (AvgIpc) is 2.58. The van der Waals surface area contributed by atoms with Gasteiger partial charge in [0.25, 0.3) is 5.91 Å². The van der Waals surface area contributed by atoms with E-state index in [0.29, 0.717) is 5.71 Å². The summed E-state index contributed by atoms with van der Waals surface area (Å²) in [5.74, 6) is -0.264. The summed E-state index contributed by atoms with van der Waals surface area (Å²) in [6.07, 6.45) is 3.34. The van der Waals surface area contributed by atoms with Crippen molar-refractivity contribution in [1.29, 1.82) is 0 Å². The number of halogens is 1. The summed E-state index contributed by atoms with van der Waals surface area (Å²) in [6.45, 7) is 0. The highest BCUT2D eigenvalue weighted by atomic mass is 79.9. The molecule has 15 heavy (non-hydrogen) atoms. The van der Waals surface area contributed by atoms with Gasteiger partial charge in [0, 0.05) is 21.8 Å². The first-order valence-electron chi connectivity index (χ1n) is 4.43. The van der Waals surface area contributed by atoms with E-state index in [1.54, 1.807) is 0 Å². The summed E-state index contributed by atoms with van der Waals surface area (Å²) in [7, 11) is 0. The van der Waals surface area contributed by atoms with Crippen molar-refractivity contribution >= 4 is 45.0 Å². The largest absolute Gasteiger partial charge is 0.296 e. The summed E-state index contributed by atoms with van der Waals surface area (Å²) < 4.78 is 0.980. The molecule has 0 bridgehead atoms. The Bertz CT molecular complexity index is 570. The first kappa shape index (κ1) is 8.73. The lowest BCUT2D eigenvalue weighted by molar-refractivity contribution is -0.111. The van der Waals surface area contributed by atoms with Crippen molar-refractivity contribution in [3.05, 3.63) is 34.3 Å². The minimum absolute atomic E-state index is 0.264. The fourth-order valence-electron chi connectivity index (χ4n) is 1.70. The van der Waals surface area contributed by atoms with Crippen LogP contribution in [-0.4, -0.2) is 17.8 Å². The van der Waals surface area contributed by atoms with Gasteiger partial charge in [-0.1, -0.05) is 15.9 Å². The minimum Gasteiger partial charge on any atom is -0.265 e. The van der Waals surface area contributed by atoms with Gasteiger partial charge in [0.1, 0.15) is 5.71 Å². The van der Waals surface area contributed by atoms with Crippen molar-refractivity contribution in [2.45, 2.75) is 0 Å². The Kier molecular flexibility index (Phi) is 1.73. The van der Waals surface area contributed by atoms with E-state index < -0.39 is 0 Å². The number of carbonyl (C=O) groups excluding carboxylic acids is 1. The van der Waals surface area contributed by atoms with Crippen LogP contribution < -0.4 is 0 Å². The van der Waals surface area contributed by atoms with Crippen LogP contribution in [0.3, 0.4) is 0 Å². The molecule has 1 amide bonds. The third-order valence-electron chi connectivity index (χ3n) is 2.37. The number of dihydropyridines is 1. The molecule has 72 valence electrons. The van der Waals surface area contributed by atoms with Gasteiger partial charge in [0.2, 0.25) is 0 Å². The second-order valence-corrected chi connectivity index (χ2v) is 4.20. The number of hydrogen-bond donors (Lipinski definition) is 0. The van der Waals surface area contributed by atoms with Crippen molar-refractivity contribution in [2.24, 2.45) is 9.98 Å². The van der Waals surface area contributed by atoms with E-state index >= 15 is 0 Å². The molecule has 0 aromatic heterocycles. The monoisotopic (exact) mass is 260 g/mol. The van der Waals surface area contributed by atoms with Gasteiger partial charge < -0.3 is 0 Å². The highest BCUT2D eigenvalue weighted by molar-refractivity contribution is 9.10. The number of aliphatic imine (C=N–C) groups is 2. The molecule has 2 heterocycles. The Hall–Kier alpha value is -1.55. The number of nitrogens with zero attached hydrogens (tertiary/aromatic N) is 2. The van der Waals surface area contributed by atoms with Crippen LogP contribution in [0.25, 0.3) is 5.57 Å². The summed E-state index contributed by atoms with van der Waals surface area (Å²) in [5, 5.41) is 0. The van der Waals surface area contributed by atoms with Crippen molar-refractivity contribution < 1.29 is 4.79 Å². The SMILES string of the molecule is O=C1N=CC=C2C1=Nc1ccc(Br)cc12. The highest BCUT2D eigenvalue weighted by Crippen LogP contribution is 2.37. The molecule has 1 aromatic rings. The van der Waals surface area contributed by atoms with Gasteiger partial charge >= 0.3 is 0 Å². The van der Waals surface area contributed by atoms with Crippen molar-refractivity contribution in [2.75, 3.05) is 0 Å². The van der Waals surface area contributed by atoms with E-state index in [2.05, 4.69) is 25.9 Å². The molecule has 0 fully saturated rings. The van der Waals surface area contributed by atoms with Crippen LogP contribution in [0.15, 0.2) is 38.7 Å². The summed E-state index contributed by atoms with van der Waals surface area (Å²) in [5.41, 5.74) is 3.13. The molecule has 3 rings (SSSR count). The van der Waals surface area contributed by atoms with Crippen molar-refractivity contribution in [3.63, 3.8) is 0 Å². The Morgan fingerprint density at radius 1 is 1.27 bits per heavy atom. The molecule has 4 heteroatoms. The van der Waals surface area contributed by atoms with Gasteiger partial charge in [-0.05, 0) is 24.3 Å². The van der Waals surface area contributed by atoms with E-state index in [1.165, 1.54) is 6.21 Å². The number of benzene rings is 1. The normalized spacial score (nSPS) is 17.0. The quantitative estimate of drug-likeness (QED) is 0.707. The number of fused-ring (bicyclic) bond motifs is 3. The topological polar surface area (TPSA) is 41.8 Å². The fraction of sp³-hybridized carbons (Fsp3) is 0. The molecule has 1 aromatic carbocycles. The zero-order valence-electron chi connectivity index (χ0n) is 7.57. The van der Waals surface area contributed by atoms with E-state index in [1.807, 2.05) is 24.3 Å². The number of amides is 1. The van der Waals surface area contributed by atoms with E-state index in [-0.39, 0.29) is 5.91 Å². The Labute approximate surface area is 94.4 Å². The summed E-state index contributed by atoms with van der Waals surface area (Å²) in [6, 6.07) is 5.76. The van der Waals surface area contributed by atoms with Gasteiger partial charge in [-0.2, -0.15) is 0 Å². The maximum Gasteiger partial charge on any atom is 0.296 e. The number of hydrogen-bond acceptors (Lipinski definition) is 2. The van der Waals surface area contributed by atoms with Crippen molar-refractivity contribution in [3.8, 4) is 0 Å². The van der Waals surface area contributed by atoms with Gasteiger partial charge in [-0.15, -0.1) is 0 Å². The molecule has 0 N–H and O–H groups in total. The van der Waals surface area contributed by atoms with Crippen LogP contribution in [0.1, 0.15) is 5.56 Å². The molecule has 0 spiro atoms. The van der Waals surface area contributed by atoms with Crippen LogP contribution in [0.2, 0.25) is 0 Å². The predicted molar refractivity (Wildman–Crippen MR) is 62.7 cm³/mol. The van der Waals surface area contributed by atoms with Crippen LogP contribution in [0.4, 0.5) is 5.69 Å².